The molecule has 1 aliphatic rings. The molecule has 1 aromatic heterocycles. The third kappa shape index (κ3) is 2.61. The molecular formula is C11H18N4O. The first-order valence-electron chi connectivity index (χ1n) is 5.74. The van der Waals surface area contributed by atoms with Crippen LogP contribution in [0.3, 0.4) is 0 Å². The van der Waals surface area contributed by atoms with Crippen molar-refractivity contribution in [3.63, 3.8) is 0 Å². The second-order valence-electron chi connectivity index (χ2n) is 4.23. The zero-order chi connectivity index (χ0) is 11.4. The van der Waals surface area contributed by atoms with Crippen molar-refractivity contribution in [2.45, 2.75) is 31.7 Å². The first-order valence-corrected chi connectivity index (χ1v) is 5.74. The summed E-state index contributed by atoms with van der Waals surface area (Å²) in [6, 6.07) is 0.273. The minimum absolute atomic E-state index is 0.131. The number of rotatable bonds is 4. The van der Waals surface area contributed by atoms with Crippen LogP contribution in [0.25, 0.3) is 0 Å². The molecule has 1 atom stereocenters. The van der Waals surface area contributed by atoms with Crippen LogP contribution in [-0.2, 0) is 17.6 Å². The summed E-state index contributed by atoms with van der Waals surface area (Å²) in [5.74, 6) is 0.131. The Morgan fingerprint density at radius 2 is 2.56 bits per heavy atom. The monoisotopic (exact) mass is 222 g/mol. The van der Waals surface area contributed by atoms with E-state index in [4.69, 9.17) is 0 Å². The molecule has 0 bridgehead atoms. The zero-order valence-corrected chi connectivity index (χ0v) is 9.55. The van der Waals surface area contributed by atoms with Crippen LogP contribution in [0.15, 0.2) is 6.20 Å². The highest BCUT2D eigenvalue weighted by molar-refractivity contribution is 5.76. The summed E-state index contributed by atoms with van der Waals surface area (Å²) in [7, 11) is 1.85. The lowest BCUT2D eigenvalue weighted by Gasteiger charge is -2.22. The van der Waals surface area contributed by atoms with Gasteiger partial charge in [-0.15, -0.1) is 0 Å². The Kier molecular flexibility index (Phi) is 3.56. The predicted octanol–water partition coefficient (Wildman–Crippen LogP) is -0.00730. The topological polar surface area (TPSA) is 69.8 Å². The molecule has 1 unspecified atom stereocenters. The quantitative estimate of drug-likeness (QED) is 0.671. The van der Waals surface area contributed by atoms with Gasteiger partial charge >= 0.3 is 0 Å². The van der Waals surface area contributed by atoms with E-state index in [1.54, 1.807) is 0 Å². The lowest BCUT2D eigenvalue weighted by Crippen LogP contribution is -2.39. The van der Waals surface area contributed by atoms with E-state index in [0.29, 0.717) is 6.42 Å². The number of carbonyl (C=O) groups excluding carboxylic acids is 1. The van der Waals surface area contributed by atoms with Crippen molar-refractivity contribution >= 4 is 5.91 Å². The highest BCUT2D eigenvalue weighted by Crippen LogP contribution is 2.18. The Morgan fingerprint density at radius 1 is 1.69 bits per heavy atom. The Balaban J connectivity index is 1.82. The highest BCUT2D eigenvalue weighted by atomic mass is 16.1. The van der Waals surface area contributed by atoms with Gasteiger partial charge in [0, 0.05) is 24.7 Å². The lowest BCUT2D eigenvalue weighted by atomic mass is 9.93. The molecule has 0 fully saturated rings. The SMILES string of the molecule is CNCCC(=O)NC1CCc2[nH]ncc2C1. The van der Waals surface area contributed by atoms with Gasteiger partial charge in [-0.1, -0.05) is 0 Å². The van der Waals surface area contributed by atoms with Crippen LogP contribution in [-0.4, -0.2) is 35.7 Å². The summed E-state index contributed by atoms with van der Waals surface area (Å²) in [6.07, 6.45) is 5.29. The number of nitrogens with zero attached hydrogens (tertiary/aromatic N) is 1. The van der Waals surface area contributed by atoms with Gasteiger partial charge in [0.05, 0.1) is 6.20 Å². The first kappa shape index (κ1) is 11.1. The molecule has 88 valence electrons. The van der Waals surface area contributed by atoms with E-state index in [1.807, 2.05) is 13.2 Å². The van der Waals surface area contributed by atoms with Gasteiger partial charge in [0.25, 0.3) is 0 Å². The second kappa shape index (κ2) is 5.12. The fourth-order valence-electron chi connectivity index (χ4n) is 2.08. The Hall–Kier alpha value is -1.36. The Labute approximate surface area is 95.0 Å². The number of carbonyl (C=O) groups is 1. The number of hydrogen-bond acceptors (Lipinski definition) is 3. The van der Waals surface area contributed by atoms with Gasteiger partial charge in [0.2, 0.25) is 5.91 Å². The number of aromatic amines is 1. The average Bonchev–Trinajstić information content (AvgIpc) is 2.73. The molecular weight excluding hydrogens is 204 g/mol. The van der Waals surface area contributed by atoms with Gasteiger partial charge in [-0.25, -0.2) is 0 Å². The van der Waals surface area contributed by atoms with Gasteiger partial charge in [-0.2, -0.15) is 5.10 Å². The number of amides is 1. The van der Waals surface area contributed by atoms with E-state index in [-0.39, 0.29) is 11.9 Å². The van der Waals surface area contributed by atoms with Gasteiger partial charge in [0.15, 0.2) is 0 Å². The molecule has 0 radical (unpaired) electrons. The number of aromatic nitrogens is 2. The summed E-state index contributed by atoms with van der Waals surface area (Å²) in [5, 5.41) is 13.0. The normalized spacial score (nSPS) is 19.2. The molecule has 16 heavy (non-hydrogen) atoms. The van der Waals surface area contributed by atoms with Crippen molar-refractivity contribution in [3.05, 3.63) is 17.5 Å². The van der Waals surface area contributed by atoms with Crippen molar-refractivity contribution in [2.24, 2.45) is 0 Å². The number of aryl methyl sites for hydroxylation is 1. The maximum absolute atomic E-state index is 11.5. The van der Waals surface area contributed by atoms with Crippen LogP contribution in [0.2, 0.25) is 0 Å². The Morgan fingerprint density at radius 3 is 3.38 bits per heavy atom. The molecule has 0 aromatic carbocycles. The van der Waals surface area contributed by atoms with E-state index in [9.17, 15) is 4.79 Å². The molecule has 0 spiro atoms. The number of hydrogen-bond donors (Lipinski definition) is 3. The van der Waals surface area contributed by atoms with Gasteiger partial charge in [0.1, 0.15) is 0 Å². The molecule has 1 aromatic rings. The smallest absolute Gasteiger partial charge is 0.221 e. The third-order valence-electron chi connectivity index (χ3n) is 2.98. The van der Waals surface area contributed by atoms with Crippen LogP contribution < -0.4 is 10.6 Å². The summed E-state index contributed by atoms with van der Waals surface area (Å²) < 4.78 is 0. The highest BCUT2D eigenvalue weighted by Gasteiger charge is 2.20. The predicted molar refractivity (Wildman–Crippen MR) is 61.1 cm³/mol. The zero-order valence-electron chi connectivity index (χ0n) is 9.55. The summed E-state index contributed by atoms with van der Waals surface area (Å²) >= 11 is 0. The van der Waals surface area contributed by atoms with E-state index in [0.717, 1.165) is 25.8 Å². The van der Waals surface area contributed by atoms with Crippen LogP contribution in [0, 0.1) is 0 Å². The third-order valence-corrected chi connectivity index (χ3v) is 2.98. The minimum Gasteiger partial charge on any atom is -0.353 e. The second-order valence-corrected chi connectivity index (χ2v) is 4.23. The molecule has 1 aliphatic carbocycles. The molecule has 0 saturated carbocycles. The number of fused-ring (bicyclic) bond motifs is 1. The van der Waals surface area contributed by atoms with Crippen LogP contribution >= 0.6 is 0 Å². The van der Waals surface area contributed by atoms with Gasteiger partial charge in [-0.05, 0) is 31.9 Å². The largest absolute Gasteiger partial charge is 0.353 e. The van der Waals surface area contributed by atoms with E-state index >= 15 is 0 Å². The standard InChI is InChI=1S/C11H18N4O/c1-12-5-4-11(16)14-9-2-3-10-8(6-9)7-13-15-10/h7,9,12H,2-6H2,1H3,(H,13,15)(H,14,16). The molecule has 1 heterocycles. The van der Waals surface area contributed by atoms with Crippen LogP contribution in [0.4, 0.5) is 0 Å². The molecule has 3 N–H and O–H groups in total. The fourth-order valence-corrected chi connectivity index (χ4v) is 2.08. The van der Waals surface area contributed by atoms with Crippen molar-refractivity contribution in [1.82, 2.24) is 20.8 Å². The maximum atomic E-state index is 11.5. The molecule has 1 amide bonds. The fraction of sp³-hybridized carbons (Fsp3) is 0.636. The molecule has 5 nitrogen and oxygen atoms in total. The van der Waals surface area contributed by atoms with Crippen LogP contribution in [0.5, 0.6) is 0 Å². The first-order chi connectivity index (χ1) is 7.79. The lowest BCUT2D eigenvalue weighted by molar-refractivity contribution is -0.121. The summed E-state index contributed by atoms with van der Waals surface area (Å²) in [5.41, 5.74) is 2.46. The molecule has 0 aliphatic heterocycles. The molecule has 2 rings (SSSR count). The number of H-pyrrole nitrogens is 1. The average molecular weight is 222 g/mol. The van der Waals surface area contributed by atoms with Crippen molar-refractivity contribution in [3.8, 4) is 0 Å². The summed E-state index contributed by atoms with van der Waals surface area (Å²) in [4.78, 5) is 11.5. The van der Waals surface area contributed by atoms with Gasteiger partial charge in [-0.3, -0.25) is 9.89 Å². The van der Waals surface area contributed by atoms with E-state index in [1.165, 1.54) is 11.3 Å². The van der Waals surface area contributed by atoms with E-state index in [2.05, 4.69) is 20.8 Å². The van der Waals surface area contributed by atoms with Crippen molar-refractivity contribution in [2.75, 3.05) is 13.6 Å². The van der Waals surface area contributed by atoms with E-state index < -0.39 is 0 Å². The van der Waals surface area contributed by atoms with Gasteiger partial charge < -0.3 is 10.6 Å². The summed E-state index contributed by atoms with van der Waals surface area (Å²) in [6.45, 7) is 0.732. The van der Waals surface area contributed by atoms with Crippen molar-refractivity contribution < 1.29 is 4.79 Å². The Bertz CT molecular complexity index is 361. The molecule has 0 saturated heterocycles. The molecule has 5 heteroatoms. The minimum atomic E-state index is 0.131. The maximum Gasteiger partial charge on any atom is 0.221 e. The van der Waals surface area contributed by atoms with Crippen LogP contribution in [0.1, 0.15) is 24.1 Å². The van der Waals surface area contributed by atoms with Crippen molar-refractivity contribution in [1.29, 1.82) is 0 Å². The number of nitrogens with one attached hydrogen (secondary N) is 3.